The molecule has 0 saturated carbocycles. The van der Waals surface area contributed by atoms with Gasteiger partial charge in [0.1, 0.15) is 17.3 Å². The van der Waals surface area contributed by atoms with Crippen LogP contribution in [0.25, 0.3) is 22.6 Å². The van der Waals surface area contributed by atoms with E-state index in [1.807, 2.05) is 26.8 Å². The van der Waals surface area contributed by atoms with E-state index in [0.29, 0.717) is 23.4 Å². The van der Waals surface area contributed by atoms with Crippen LogP contribution in [-0.2, 0) is 0 Å². The number of rotatable bonds is 3. The van der Waals surface area contributed by atoms with Crippen molar-refractivity contribution in [2.45, 2.75) is 20.8 Å². The van der Waals surface area contributed by atoms with E-state index in [0.717, 1.165) is 16.8 Å². The molecule has 0 aliphatic heterocycles. The van der Waals surface area contributed by atoms with Gasteiger partial charge >= 0.3 is 0 Å². The minimum atomic E-state index is -0.315. The topological polar surface area (TPSA) is 58.6 Å². The highest BCUT2D eigenvalue weighted by Gasteiger charge is 2.12. The van der Waals surface area contributed by atoms with Gasteiger partial charge in [0.05, 0.1) is 17.5 Å². The van der Waals surface area contributed by atoms with Gasteiger partial charge in [-0.2, -0.15) is 0 Å². The lowest BCUT2D eigenvalue weighted by Crippen LogP contribution is -1.91. The van der Waals surface area contributed by atoms with Crippen LogP contribution in [0.1, 0.15) is 29.9 Å². The molecule has 2 aromatic heterocycles. The van der Waals surface area contributed by atoms with Crippen LogP contribution in [0.5, 0.6) is 0 Å². The van der Waals surface area contributed by atoms with Gasteiger partial charge in [-0.25, -0.2) is 9.37 Å². The fourth-order valence-electron chi connectivity index (χ4n) is 2.16. The molecule has 0 atom stereocenters. The smallest absolute Gasteiger partial charge is 0.168 e. The molecule has 1 N–H and O–H groups in total. The number of H-pyrrole nitrogens is 1. The molecule has 0 saturated heterocycles. The van der Waals surface area contributed by atoms with E-state index in [1.165, 1.54) is 6.07 Å². The Kier molecular flexibility index (Phi) is 5.36. The molecule has 23 heavy (non-hydrogen) atoms. The molecular formula is C18H18FN3O. The van der Waals surface area contributed by atoms with E-state index in [1.54, 1.807) is 30.6 Å². The quantitative estimate of drug-likeness (QED) is 0.728. The Labute approximate surface area is 134 Å². The first-order valence-electron chi connectivity index (χ1n) is 7.41. The zero-order valence-corrected chi connectivity index (χ0v) is 13.3. The molecule has 0 bridgehead atoms. The third-order valence-corrected chi connectivity index (χ3v) is 3.25. The second kappa shape index (κ2) is 7.45. The molecule has 0 aliphatic carbocycles. The number of carbonyl (C=O) groups is 1. The van der Waals surface area contributed by atoms with E-state index in [9.17, 15) is 9.18 Å². The minimum absolute atomic E-state index is 0.315. The second-order valence-corrected chi connectivity index (χ2v) is 4.67. The average Bonchev–Trinajstić information content (AvgIpc) is 3.06. The van der Waals surface area contributed by atoms with Gasteiger partial charge in [-0.15, -0.1) is 0 Å². The number of pyridine rings is 1. The normalized spacial score (nSPS) is 9.91. The number of aromatic nitrogens is 3. The Bertz CT molecular complexity index is 774. The lowest BCUT2D eigenvalue weighted by Gasteiger charge is -2.03. The van der Waals surface area contributed by atoms with Crippen LogP contribution in [0.15, 0.2) is 42.7 Å². The highest BCUT2D eigenvalue weighted by molar-refractivity contribution is 5.73. The van der Waals surface area contributed by atoms with Crippen LogP contribution in [0, 0.1) is 12.7 Å². The number of carbonyl (C=O) groups excluding carboxylic acids is 1. The summed E-state index contributed by atoms with van der Waals surface area (Å²) in [4.78, 5) is 21.9. The predicted octanol–water partition coefficient (Wildman–Crippen LogP) is 4.42. The van der Waals surface area contributed by atoms with Gasteiger partial charge in [0.15, 0.2) is 6.29 Å². The zero-order chi connectivity index (χ0) is 16.8. The summed E-state index contributed by atoms with van der Waals surface area (Å²) in [5.74, 6) is 0.158. The van der Waals surface area contributed by atoms with Crippen molar-refractivity contribution in [2.75, 3.05) is 0 Å². The van der Waals surface area contributed by atoms with Crippen molar-refractivity contribution in [1.82, 2.24) is 15.0 Å². The average molecular weight is 311 g/mol. The fraction of sp³-hybridized carbons (Fsp3) is 0.167. The lowest BCUT2D eigenvalue weighted by atomic mass is 10.1. The molecule has 2 heterocycles. The number of hydrogen-bond donors (Lipinski definition) is 1. The Balaban J connectivity index is 0.000000924. The molecule has 0 radical (unpaired) electrons. The van der Waals surface area contributed by atoms with E-state index >= 15 is 0 Å². The maximum Gasteiger partial charge on any atom is 0.168 e. The van der Waals surface area contributed by atoms with Gasteiger partial charge in [0.25, 0.3) is 0 Å². The SMILES string of the molecule is CC.Cc1cccc(F)c1-c1ncc(-c2ccc(C=O)nc2)[nH]1. The molecular weight excluding hydrogens is 293 g/mol. The number of aldehydes is 1. The van der Waals surface area contributed by atoms with Crippen molar-refractivity contribution in [3.63, 3.8) is 0 Å². The molecule has 0 fully saturated rings. The zero-order valence-electron chi connectivity index (χ0n) is 13.3. The summed E-state index contributed by atoms with van der Waals surface area (Å²) in [5, 5.41) is 0. The van der Waals surface area contributed by atoms with Crippen LogP contribution in [0.4, 0.5) is 4.39 Å². The summed E-state index contributed by atoms with van der Waals surface area (Å²) < 4.78 is 13.9. The lowest BCUT2D eigenvalue weighted by molar-refractivity contribution is 0.111. The Morgan fingerprint density at radius 2 is 1.87 bits per heavy atom. The summed E-state index contributed by atoms with van der Waals surface area (Å²) in [6.07, 6.45) is 3.89. The van der Waals surface area contributed by atoms with Crippen LogP contribution >= 0.6 is 0 Å². The molecule has 1 aromatic carbocycles. The number of imidazole rings is 1. The van der Waals surface area contributed by atoms with E-state index in [4.69, 9.17) is 0 Å². The van der Waals surface area contributed by atoms with Crippen LogP contribution < -0.4 is 0 Å². The minimum Gasteiger partial charge on any atom is -0.338 e. The van der Waals surface area contributed by atoms with Crippen molar-refractivity contribution >= 4 is 6.29 Å². The molecule has 118 valence electrons. The summed E-state index contributed by atoms with van der Waals surface area (Å²) in [6, 6.07) is 8.30. The van der Waals surface area contributed by atoms with Crippen molar-refractivity contribution in [3.8, 4) is 22.6 Å². The molecule has 5 heteroatoms. The molecule has 0 unspecified atom stereocenters. The molecule has 0 spiro atoms. The Hall–Kier alpha value is -2.82. The summed E-state index contributed by atoms with van der Waals surface area (Å²) >= 11 is 0. The summed E-state index contributed by atoms with van der Waals surface area (Å²) in [6.45, 7) is 5.83. The van der Waals surface area contributed by atoms with Crippen LogP contribution in [-0.4, -0.2) is 21.2 Å². The maximum absolute atomic E-state index is 13.9. The van der Waals surface area contributed by atoms with Gasteiger partial charge in [-0.05, 0) is 30.7 Å². The molecule has 0 aliphatic rings. The third kappa shape index (κ3) is 3.51. The predicted molar refractivity (Wildman–Crippen MR) is 88.7 cm³/mol. The third-order valence-electron chi connectivity index (χ3n) is 3.25. The Morgan fingerprint density at radius 1 is 1.09 bits per heavy atom. The first kappa shape index (κ1) is 16.5. The van der Waals surface area contributed by atoms with Crippen LogP contribution in [0.3, 0.4) is 0 Å². The van der Waals surface area contributed by atoms with Crippen LogP contribution in [0.2, 0.25) is 0 Å². The highest BCUT2D eigenvalue weighted by Crippen LogP contribution is 2.26. The van der Waals surface area contributed by atoms with Crippen molar-refractivity contribution in [2.24, 2.45) is 0 Å². The van der Waals surface area contributed by atoms with Gasteiger partial charge in [-0.3, -0.25) is 9.78 Å². The largest absolute Gasteiger partial charge is 0.338 e. The summed E-state index contributed by atoms with van der Waals surface area (Å²) in [5.41, 5.74) is 3.14. The molecule has 4 nitrogen and oxygen atoms in total. The van der Waals surface area contributed by atoms with Crippen molar-refractivity contribution in [3.05, 3.63) is 59.8 Å². The van der Waals surface area contributed by atoms with Gasteiger partial charge < -0.3 is 4.98 Å². The van der Waals surface area contributed by atoms with Crippen molar-refractivity contribution in [1.29, 1.82) is 0 Å². The van der Waals surface area contributed by atoms with Crippen molar-refractivity contribution < 1.29 is 9.18 Å². The van der Waals surface area contributed by atoms with Gasteiger partial charge in [0.2, 0.25) is 0 Å². The Morgan fingerprint density at radius 3 is 2.48 bits per heavy atom. The molecule has 3 rings (SSSR count). The van der Waals surface area contributed by atoms with E-state index in [-0.39, 0.29) is 5.82 Å². The number of aromatic amines is 1. The number of benzene rings is 1. The number of hydrogen-bond acceptors (Lipinski definition) is 3. The number of nitrogens with zero attached hydrogens (tertiary/aromatic N) is 2. The second-order valence-electron chi connectivity index (χ2n) is 4.67. The number of nitrogens with one attached hydrogen (secondary N) is 1. The van der Waals surface area contributed by atoms with Gasteiger partial charge in [0, 0.05) is 11.8 Å². The molecule has 3 aromatic rings. The monoisotopic (exact) mass is 311 g/mol. The first-order chi connectivity index (χ1) is 11.2. The highest BCUT2D eigenvalue weighted by atomic mass is 19.1. The first-order valence-corrected chi connectivity index (χ1v) is 7.41. The fourth-order valence-corrected chi connectivity index (χ4v) is 2.16. The van der Waals surface area contributed by atoms with E-state index in [2.05, 4.69) is 15.0 Å². The standard InChI is InChI=1S/C16H12FN3O.C2H6/c1-10-3-2-4-13(17)15(10)16-19-8-14(20-16)11-5-6-12(9-21)18-7-11;1-2/h2-9H,1H3,(H,19,20);1-2H3. The molecule has 0 amide bonds. The number of aryl methyl sites for hydroxylation is 1. The number of halogens is 1. The summed E-state index contributed by atoms with van der Waals surface area (Å²) in [7, 11) is 0. The maximum atomic E-state index is 13.9. The van der Waals surface area contributed by atoms with Gasteiger partial charge in [-0.1, -0.05) is 26.0 Å². The van der Waals surface area contributed by atoms with E-state index < -0.39 is 0 Å².